The quantitative estimate of drug-likeness (QED) is 0.309. The Hall–Kier alpha value is -3.24. The summed E-state index contributed by atoms with van der Waals surface area (Å²) in [6.45, 7) is 3.41. The second kappa shape index (κ2) is 9.75. The number of alkyl halides is 2. The number of halogens is 2. The average molecular weight is 571 g/mol. The van der Waals surface area contributed by atoms with E-state index < -0.39 is 10.4 Å². The first-order valence-electron chi connectivity index (χ1n) is 13.0. The molecule has 204 valence electrons. The van der Waals surface area contributed by atoms with Crippen LogP contribution < -0.4 is 10.1 Å². The number of carbonyl (C=O) groups is 3. The summed E-state index contributed by atoms with van der Waals surface area (Å²) in [6, 6.07) is 6.33. The molecule has 2 amide bonds. The van der Waals surface area contributed by atoms with Gasteiger partial charge in [0.05, 0.1) is 5.52 Å². The predicted molar refractivity (Wildman–Crippen MR) is 143 cm³/mol. The lowest BCUT2D eigenvalue weighted by atomic mass is 10.1. The fourth-order valence-corrected chi connectivity index (χ4v) is 6.35. The lowest BCUT2D eigenvalue weighted by Crippen LogP contribution is -2.51. The molecule has 0 spiro atoms. The topological polar surface area (TPSA) is 119 Å². The minimum Gasteiger partial charge on any atom is -0.486 e. The van der Waals surface area contributed by atoms with Crippen LogP contribution in [0.1, 0.15) is 49.4 Å². The van der Waals surface area contributed by atoms with Crippen molar-refractivity contribution in [3.63, 3.8) is 0 Å². The van der Waals surface area contributed by atoms with E-state index >= 15 is 0 Å². The maximum absolute atomic E-state index is 13.6. The maximum Gasteiger partial charge on any atom is 0.245 e. The molecule has 3 heterocycles. The summed E-state index contributed by atoms with van der Waals surface area (Å²) in [7, 11) is 0. The molecule has 6 rings (SSSR count). The van der Waals surface area contributed by atoms with Crippen LogP contribution in [0.5, 0.6) is 5.75 Å². The van der Waals surface area contributed by atoms with E-state index in [9.17, 15) is 14.4 Å². The lowest BCUT2D eigenvalue weighted by molar-refractivity contribution is -0.140. The van der Waals surface area contributed by atoms with E-state index in [2.05, 4.69) is 20.4 Å². The van der Waals surface area contributed by atoms with Gasteiger partial charge in [0.15, 0.2) is 11.6 Å². The summed E-state index contributed by atoms with van der Waals surface area (Å²) in [5, 5.41) is 8.08. The molecule has 3 fully saturated rings. The number of carbonyl (C=O) groups excluding carboxylic acids is 3. The van der Waals surface area contributed by atoms with Crippen LogP contribution in [0.25, 0.3) is 10.9 Å². The van der Waals surface area contributed by atoms with E-state index in [1.165, 1.54) is 11.6 Å². The molecule has 39 heavy (non-hydrogen) atoms. The van der Waals surface area contributed by atoms with Gasteiger partial charge in [-0.25, -0.2) is 9.97 Å². The summed E-state index contributed by atoms with van der Waals surface area (Å²) in [5.41, 5.74) is 0.885. The predicted octanol–water partition coefficient (Wildman–Crippen LogP) is 3.30. The van der Waals surface area contributed by atoms with Crippen LogP contribution in [0.3, 0.4) is 0 Å². The van der Waals surface area contributed by atoms with Gasteiger partial charge in [0.2, 0.25) is 11.8 Å². The number of Topliss-reactive ketones (excluding diaryl/α,β-unsaturated/α-hetero) is 1. The highest BCUT2D eigenvalue weighted by Crippen LogP contribution is 2.55. The standard InChI is InChI=1S/C27H28Cl2N6O4/c1-14(19-11-27(19,28)29)32-26(38)22-9-16-8-21(16)35(22)24(37)12-34-20-5-4-17(10-18(20)25(33-34)15(2)36)39-13-23-30-6-3-7-31-23/h3-7,10,14,16,19,21-22H,8-9,11-13H2,1-2H3,(H,32,38)/t14-,16-,19-,21-,22+/m1/s1. The maximum atomic E-state index is 13.6. The second-order valence-corrected chi connectivity index (χ2v) is 12.2. The largest absolute Gasteiger partial charge is 0.486 e. The van der Waals surface area contributed by atoms with Crippen LogP contribution in [0.2, 0.25) is 0 Å². The fourth-order valence-electron chi connectivity index (χ4n) is 5.64. The minimum atomic E-state index is -0.796. The van der Waals surface area contributed by atoms with Crippen molar-refractivity contribution in [1.82, 2.24) is 30.0 Å². The number of amides is 2. The number of ether oxygens (including phenoxy) is 1. The van der Waals surface area contributed by atoms with Crippen molar-refractivity contribution in [2.75, 3.05) is 0 Å². The van der Waals surface area contributed by atoms with E-state index in [0.717, 1.165) is 6.42 Å². The Balaban J connectivity index is 1.19. The number of likely N-dealkylation sites (tertiary alicyclic amines) is 1. The Labute approximate surface area is 235 Å². The molecule has 2 aromatic heterocycles. The first-order chi connectivity index (χ1) is 18.6. The molecule has 1 N–H and O–H groups in total. The number of fused-ring (bicyclic) bond motifs is 2. The van der Waals surface area contributed by atoms with Crippen LogP contribution in [-0.2, 0) is 22.7 Å². The zero-order valence-corrected chi connectivity index (χ0v) is 23.0. The Kier molecular flexibility index (Phi) is 6.50. The Morgan fingerprint density at radius 2 is 1.95 bits per heavy atom. The molecule has 1 aliphatic heterocycles. The van der Waals surface area contributed by atoms with Crippen molar-refractivity contribution < 1.29 is 19.1 Å². The highest BCUT2D eigenvalue weighted by molar-refractivity contribution is 6.51. The van der Waals surface area contributed by atoms with Crippen molar-refractivity contribution >= 4 is 51.7 Å². The highest BCUT2D eigenvalue weighted by atomic mass is 35.5. The molecule has 3 aliphatic rings. The molecule has 0 bridgehead atoms. The summed E-state index contributed by atoms with van der Waals surface area (Å²) in [6.07, 6.45) is 5.44. The molecule has 5 atom stereocenters. The van der Waals surface area contributed by atoms with Gasteiger partial charge in [-0.2, -0.15) is 5.10 Å². The third kappa shape index (κ3) is 5.07. The lowest BCUT2D eigenvalue weighted by Gasteiger charge is -2.28. The summed E-state index contributed by atoms with van der Waals surface area (Å²) >= 11 is 12.3. The van der Waals surface area contributed by atoms with Gasteiger partial charge in [-0.15, -0.1) is 23.2 Å². The summed E-state index contributed by atoms with van der Waals surface area (Å²) in [4.78, 5) is 49.1. The second-order valence-electron chi connectivity index (χ2n) is 10.7. The molecule has 0 unspecified atom stereocenters. The fraction of sp³-hybridized carbons (Fsp3) is 0.481. The van der Waals surface area contributed by atoms with Crippen LogP contribution in [-0.4, -0.2) is 64.7 Å². The Bertz CT molecular complexity index is 1460. The Morgan fingerprint density at radius 1 is 1.21 bits per heavy atom. The third-order valence-corrected chi connectivity index (χ3v) is 8.74. The van der Waals surface area contributed by atoms with Gasteiger partial charge >= 0.3 is 0 Å². The molecule has 12 heteroatoms. The highest BCUT2D eigenvalue weighted by Gasteiger charge is 2.58. The number of rotatable bonds is 9. The third-order valence-electron chi connectivity index (χ3n) is 7.87. The number of hydrogen-bond acceptors (Lipinski definition) is 7. The van der Waals surface area contributed by atoms with Crippen LogP contribution in [0, 0.1) is 11.8 Å². The van der Waals surface area contributed by atoms with Gasteiger partial charge < -0.3 is 15.0 Å². The van der Waals surface area contributed by atoms with Crippen molar-refractivity contribution in [3.05, 3.63) is 48.2 Å². The van der Waals surface area contributed by atoms with E-state index in [-0.39, 0.29) is 54.4 Å². The molecule has 1 aromatic carbocycles. The first kappa shape index (κ1) is 26.0. The van der Waals surface area contributed by atoms with Gasteiger partial charge in [0.1, 0.15) is 35.0 Å². The number of aromatic nitrogens is 4. The molecular weight excluding hydrogens is 543 g/mol. The number of ketones is 1. The van der Waals surface area contributed by atoms with Gasteiger partial charge in [0.25, 0.3) is 0 Å². The van der Waals surface area contributed by atoms with Crippen LogP contribution in [0.4, 0.5) is 0 Å². The van der Waals surface area contributed by atoms with Gasteiger partial charge in [-0.1, -0.05) is 0 Å². The van der Waals surface area contributed by atoms with Crippen LogP contribution in [0.15, 0.2) is 36.7 Å². The Morgan fingerprint density at radius 3 is 2.64 bits per heavy atom. The van der Waals surface area contributed by atoms with Crippen molar-refractivity contribution in [2.24, 2.45) is 11.8 Å². The zero-order valence-electron chi connectivity index (χ0n) is 21.5. The summed E-state index contributed by atoms with van der Waals surface area (Å²) in [5.74, 6) is 0.782. The first-order valence-corrected chi connectivity index (χ1v) is 13.8. The van der Waals surface area contributed by atoms with Gasteiger partial charge in [-0.05, 0) is 56.4 Å². The molecule has 0 radical (unpaired) electrons. The van der Waals surface area contributed by atoms with E-state index in [4.69, 9.17) is 27.9 Å². The van der Waals surface area contributed by atoms with Gasteiger partial charge in [0, 0.05) is 42.7 Å². The number of benzene rings is 1. The van der Waals surface area contributed by atoms with E-state index in [0.29, 0.717) is 41.2 Å². The smallest absolute Gasteiger partial charge is 0.245 e. The number of nitrogens with zero attached hydrogens (tertiary/aromatic N) is 5. The molecule has 2 aliphatic carbocycles. The number of nitrogens with one attached hydrogen (secondary N) is 1. The van der Waals surface area contributed by atoms with Gasteiger partial charge in [-0.3, -0.25) is 19.1 Å². The summed E-state index contributed by atoms with van der Waals surface area (Å²) < 4.78 is 6.56. The normalized spacial score (nSPS) is 25.2. The SMILES string of the molecule is CC(=O)c1nn(CC(=O)N2[C@@H]3C[C@@H]3C[C@H]2C(=O)N[C@H](C)[C@H]2CC2(Cl)Cl)c2ccc(OCc3ncccn3)cc12. The monoisotopic (exact) mass is 570 g/mol. The van der Waals surface area contributed by atoms with E-state index in [1.807, 2.05) is 6.92 Å². The van der Waals surface area contributed by atoms with Crippen LogP contribution >= 0.6 is 23.2 Å². The zero-order chi connectivity index (χ0) is 27.5. The molecular formula is C27H28Cl2N6O4. The van der Waals surface area contributed by atoms with E-state index in [1.54, 1.807) is 41.6 Å². The minimum absolute atomic E-state index is 0.000553. The average Bonchev–Trinajstić information content (AvgIpc) is 3.72. The molecule has 1 saturated heterocycles. The van der Waals surface area contributed by atoms with Crippen molar-refractivity contribution in [3.8, 4) is 5.75 Å². The van der Waals surface area contributed by atoms with Crippen molar-refractivity contribution in [1.29, 1.82) is 0 Å². The molecule has 10 nitrogen and oxygen atoms in total. The van der Waals surface area contributed by atoms with Crippen molar-refractivity contribution in [2.45, 2.75) is 68.7 Å². The number of hydrogen-bond donors (Lipinski definition) is 1. The molecule has 3 aromatic rings. The number of piperidine rings is 1. The molecule has 2 saturated carbocycles.